The molecule has 0 aromatic carbocycles. The monoisotopic (exact) mass is 281 g/mol. The maximum atomic E-state index is 11.2. The summed E-state index contributed by atoms with van der Waals surface area (Å²) in [5.74, 6) is -1.25. The summed E-state index contributed by atoms with van der Waals surface area (Å²) in [6, 6.07) is 0. The predicted octanol–water partition coefficient (Wildman–Crippen LogP) is -0.892. The molecule has 9 nitrogen and oxygen atoms in total. The molecule has 0 saturated heterocycles. The summed E-state index contributed by atoms with van der Waals surface area (Å²) in [4.78, 5) is 44.2. The van der Waals surface area contributed by atoms with E-state index in [2.05, 4.69) is 20.1 Å². The van der Waals surface area contributed by atoms with Gasteiger partial charge in [0.1, 0.15) is 5.03 Å². The van der Waals surface area contributed by atoms with E-state index in [0.717, 1.165) is 11.8 Å². The van der Waals surface area contributed by atoms with Gasteiger partial charge in [0.15, 0.2) is 10.9 Å². The third kappa shape index (κ3) is 2.68. The van der Waals surface area contributed by atoms with Gasteiger partial charge < -0.3 is 5.11 Å². The van der Waals surface area contributed by atoms with Gasteiger partial charge in [-0.25, -0.2) is 14.8 Å². The van der Waals surface area contributed by atoms with Gasteiger partial charge in [-0.15, -0.1) is 0 Å². The summed E-state index contributed by atoms with van der Waals surface area (Å²) in [5, 5.41) is 11.4. The standard InChI is InChI=1S/C9H7N5O4S/c1-14-9(12-5(15)6(16)13-14)19-7-4(8(17)18)10-2-3-11-7/h2-3H,1H3,(H,13,16)(H,17,18). The van der Waals surface area contributed by atoms with Gasteiger partial charge in [0.2, 0.25) is 0 Å². The lowest BCUT2D eigenvalue weighted by molar-refractivity contribution is 0.0685. The SMILES string of the molecule is Cn1[nH]c(=O)c(=O)nc1Sc1nccnc1C(=O)O. The Morgan fingerprint density at radius 2 is 2.05 bits per heavy atom. The predicted molar refractivity (Wildman–Crippen MR) is 63.2 cm³/mol. The van der Waals surface area contributed by atoms with Crippen LogP contribution in [0.2, 0.25) is 0 Å². The second-order valence-electron chi connectivity index (χ2n) is 3.32. The fraction of sp³-hybridized carbons (Fsp3) is 0.111. The molecule has 2 heterocycles. The molecule has 2 aromatic heterocycles. The number of H-pyrrole nitrogens is 1. The Kier molecular flexibility index (Phi) is 3.42. The minimum atomic E-state index is -1.25. The number of hydrogen-bond donors (Lipinski definition) is 2. The van der Waals surface area contributed by atoms with Crippen LogP contribution in [0.25, 0.3) is 0 Å². The first kappa shape index (κ1) is 13.0. The average Bonchev–Trinajstić information content (AvgIpc) is 2.36. The second kappa shape index (κ2) is 5.02. The summed E-state index contributed by atoms with van der Waals surface area (Å²) < 4.78 is 1.20. The number of carbonyl (C=O) groups is 1. The van der Waals surface area contributed by atoms with E-state index < -0.39 is 17.1 Å². The molecule has 2 rings (SSSR count). The molecule has 0 fully saturated rings. The van der Waals surface area contributed by atoms with Crippen molar-refractivity contribution in [3.05, 3.63) is 38.8 Å². The highest BCUT2D eigenvalue weighted by molar-refractivity contribution is 7.99. The topological polar surface area (TPSA) is 131 Å². The minimum Gasteiger partial charge on any atom is -0.476 e. The quantitative estimate of drug-likeness (QED) is 0.692. The van der Waals surface area contributed by atoms with Crippen LogP contribution in [-0.4, -0.2) is 35.8 Å². The van der Waals surface area contributed by atoms with E-state index in [1.165, 1.54) is 24.1 Å². The van der Waals surface area contributed by atoms with Gasteiger partial charge in [-0.3, -0.25) is 19.4 Å². The number of rotatable bonds is 3. The van der Waals surface area contributed by atoms with Gasteiger partial charge in [0.05, 0.1) is 0 Å². The van der Waals surface area contributed by atoms with E-state index >= 15 is 0 Å². The Labute approximate surface area is 109 Å². The van der Waals surface area contributed by atoms with Crippen molar-refractivity contribution in [2.75, 3.05) is 0 Å². The Hall–Kier alpha value is -2.49. The number of carboxylic acids is 1. The summed E-state index contributed by atoms with van der Waals surface area (Å²) in [6.07, 6.45) is 2.56. The molecule has 0 aliphatic carbocycles. The molecule has 10 heteroatoms. The molecule has 2 N–H and O–H groups in total. The van der Waals surface area contributed by atoms with Crippen molar-refractivity contribution in [2.24, 2.45) is 7.05 Å². The molecule has 2 aromatic rings. The third-order valence-electron chi connectivity index (χ3n) is 2.00. The highest BCUT2D eigenvalue weighted by Crippen LogP contribution is 2.24. The number of hydrogen-bond acceptors (Lipinski definition) is 7. The smallest absolute Gasteiger partial charge is 0.357 e. The van der Waals surface area contributed by atoms with E-state index in [1.807, 2.05) is 0 Å². The van der Waals surface area contributed by atoms with Crippen molar-refractivity contribution in [2.45, 2.75) is 10.2 Å². The summed E-state index contributed by atoms with van der Waals surface area (Å²) >= 11 is 0.819. The molecule has 0 spiro atoms. The van der Waals surface area contributed by atoms with Crippen LogP contribution in [-0.2, 0) is 7.05 Å². The Bertz CT molecular complexity index is 753. The number of aromatic amines is 1. The first-order chi connectivity index (χ1) is 8.99. The van der Waals surface area contributed by atoms with E-state index in [4.69, 9.17) is 5.11 Å². The number of aromatic nitrogens is 5. The zero-order valence-corrected chi connectivity index (χ0v) is 10.3. The molecular formula is C9H7N5O4S. The van der Waals surface area contributed by atoms with E-state index in [-0.39, 0.29) is 15.9 Å². The average molecular weight is 281 g/mol. The molecule has 0 saturated carbocycles. The fourth-order valence-corrected chi connectivity index (χ4v) is 2.02. The largest absolute Gasteiger partial charge is 0.476 e. The number of aryl methyl sites for hydroxylation is 1. The first-order valence-electron chi connectivity index (χ1n) is 4.88. The Morgan fingerprint density at radius 1 is 1.37 bits per heavy atom. The van der Waals surface area contributed by atoms with Gasteiger partial charge in [0.25, 0.3) is 0 Å². The van der Waals surface area contributed by atoms with E-state index in [9.17, 15) is 14.4 Å². The summed E-state index contributed by atoms with van der Waals surface area (Å²) in [6.45, 7) is 0. The van der Waals surface area contributed by atoms with Gasteiger partial charge in [0, 0.05) is 19.4 Å². The van der Waals surface area contributed by atoms with Crippen LogP contribution in [0.3, 0.4) is 0 Å². The van der Waals surface area contributed by atoms with E-state index in [1.54, 1.807) is 0 Å². The molecular weight excluding hydrogens is 274 g/mol. The minimum absolute atomic E-state index is 0.0737. The van der Waals surface area contributed by atoms with E-state index in [0.29, 0.717) is 0 Å². The van der Waals surface area contributed by atoms with Gasteiger partial charge in [-0.05, 0) is 11.8 Å². The Balaban J connectivity index is 2.48. The lowest BCUT2D eigenvalue weighted by atomic mass is 10.5. The molecule has 0 atom stereocenters. The first-order valence-corrected chi connectivity index (χ1v) is 5.70. The molecule has 98 valence electrons. The molecule has 0 aliphatic rings. The maximum absolute atomic E-state index is 11.2. The van der Waals surface area contributed by atoms with Crippen molar-refractivity contribution in [3.63, 3.8) is 0 Å². The van der Waals surface area contributed by atoms with Crippen LogP contribution in [0.5, 0.6) is 0 Å². The molecule has 0 bridgehead atoms. The van der Waals surface area contributed by atoms with Crippen molar-refractivity contribution < 1.29 is 9.90 Å². The third-order valence-corrected chi connectivity index (χ3v) is 3.04. The number of carboxylic acid groups (broad SMARTS) is 1. The fourth-order valence-electron chi connectivity index (χ4n) is 1.19. The lowest BCUT2D eigenvalue weighted by Gasteiger charge is -2.06. The zero-order valence-electron chi connectivity index (χ0n) is 9.52. The molecule has 0 amide bonds. The number of nitrogens with zero attached hydrogens (tertiary/aromatic N) is 4. The Morgan fingerprint density at radius 3 is 2.74 bits per heavy atom. The molecule has 0 aliphatic heterocycles. The summed E-state index contributed by atoms with van der Waals surface area (Å²) in [7, 11) is 1.47. The number of nitrogens with one attached hydrogen (secondary N) is 1. The van der Waals surface area contributed by atoms with Crippen LogP contribution in [0.15, 0.2) is 32.2 Å². The van der Waals surface area contributed by atoms with Crippen molar-refractivity contribution in [1.29, 1.82) is 0 Å². The van der Waals surface area contributed by atoms with Crippen LogP contribution in [0, 0.1) is 0 Å². The highest BCUT2D eigenvalue weighted by Gasteiger charge is 2.16. The molecule has 19 heavy (non-hydrogen) atoms. The highest BCUT2D eigenvalue weighted by atomic mass is 32.2. The number of aromatic carboxylic acids is 1. The van der Waals surface area contributed by atoms with Gasteiger partial charge in [-0.2, -0.15) is 4.98 Å². The van der Waals surface area contributed by atoms with Gasteiger partial charge >= 0.3 is 17.1 Å². The van der Waals surface area contributed by atoms with Crippen molar-refractivity contribution in [3.8, 4) is 0 Å². The van der Waals surface area contributed by atoms with Crippen LogP contribution in [0.4, 0.5) is 0 Å². The van der Waals surface area contributed by atoms with Crippen LogP contribution in [0.1, 0.15) is 10.5 Å². The summed E-state index contributed by atoms with van der Waals surface area (Å²) in [5.41, 5.74) is -2.07. The molecule has 0 unspecified atom stereocenters. The van der Waals surface area contributed by atoms with Crippen molar-refractivity contribution >= 4 is 17.7 Å². The molecule has 0 radical (unpaired) electrons. The van der Waals surface area contributed by atoms with Crippen molar-refractivity contribution in [1.82, 2.24) is 24.7 Å². The van der Waals surface area contributed by atoms with Crippen LogP contribution >= 0.6 is 11.8 Å². The zero-order chi connectivity index (χ0) is 14.0. The second-order valence-corrected chi connectivity index (χ2v) is 4.27. The van der Waals surface area contributed by atoms with Crippen LogP contribution < -0.4 is 11.1 Å². The lowest BCUT2D eigenvalue weighted by Crippen LogP contribution is -2.33. The maximum Gasteiger partial charge on any atom is 0.357 e. The normalized spacial score (nSPS) is 10.4. The van der Waals surface area contributed by atoms with Gasteiger partial charge in [-0.1, -0.05) is 0 Å².